The first kappa shape index (κ1) is 25.9. The van der Waals surface area contributed by atoms with Crippen LogP contribution in [0.15, 0.2) is 0 Å². The summed E-state index contributed by atoms with van der Waals surface area (Å²) in [6.45, 7) is 16.3. The van der Waals surface area contributed by atoms with Crippen LogP contribution in [0.25, 0.3) is 0 Å². The van der Waals surface area contributed by atoms with E-state index in [-0.39, 0.29) is 0 Å². The van der Waals surface area contributed by atoms with E-state index >= 15 is 0 Å². The lowest BCUT2D eigenvalue weighted by Crippen LogP contribution is -2.45. The normalized spacial score (nSPS) is 15.2. The zero-order chi connectivity index (χ0) is 20.1. The van der Waals surface area contributed by atoms with Crippen LogP contribution >= 0.6 is 0 Å². The van der Waals surface area contributed by atoms with Crippen molar-refractivity contribution < 1.29 is 13.4 Å². The molecule has 3 nitrogen and oxygen atoms in total. The van der Waals surface area contributed by atoms with E-state index in [0.717, 1.165) is 4.48 Å². The van der Waals surface area contributed by atoms with Crippen LogP contribution in [0.2, 0.25) is 0 Å². The molecule has 0 saturated carbocycles. The summed E-state index contributed by atoms with van der Waals surface area (Å²) in [6, 6.07) is 0. The predicted molar refractivity (Wildman–Crippen MR) is 118 cm³/mol. The lowest BCUT2D eigenvalue weighted by molar-refractivity contribution is -0.908. The molecule has 0 aromatic carbocycles. The SMILES string of the molecule is CC[N+](C)(CC)CCCCCC[N+](C)(CC)CCCCCC[N+](C)(C)C. The second-order valence-electron chi connectivity index (χ2n) is 10.2. The Kier molecular flexibility index (Phi) is 13.1. The van der Waals surface area contributed by atoms with Crippen LogP contribution in [0.5, 0.6) is 0 Å². The van der Waals surface area contributed by atoms with Gasteiger partial charge in [-0.15, -0.1) is 0 Å². The molecular formula is C23H54N3+3. The lowest BCUT2D eigenvalue weighted by Gasteiger charge is -2.34. The molecule has 0 aliphatic heterocycles. The van der Waals surface area contributed by atoms with Crippen LogP contribution in [-0.2, 0) is 0 Å². The third-order valence-electron chi connectivity index (χ3n) is 6.71. The van der Waals surface area contributed by atoms with Crippen LogP contribution in [0.1, 0.15) is 72.1 Å². The van der Waals surface area contributed by atoms with Crippen molar-refractivity contribution in [2.45, 2.75) is 72.1 Å². The fraction of sp³-hybridized carbons (Fsp3) is 1.00. The summed E-state index contributed by atoms with van der Waals surface area (Å²) in [7, 11) is 11.8. The van der Waals surface area contributed by atoms with Gasteiger partial charge in [0.1, 0.15) is 0 Å². The van der Waals surface area contributed by atoms with Gasteiger partial charge in [-0.25, -0.2) is 0 Å². The van der Waals surface area contributed by atoms with Crippen LogP contribution in [0.4, 0.5) is 0 Å². The number of quaternary nitrogens is 3. The van der Waals surface area contributed by atoms with E-state index in [1.165, 1.54) is 106 Å². The Hall–Kier alpha value is -0.120. The van der Waals surface area contributed by atoms with Gasteiger partial charge >= 0.3 is 0 Å². The minimum absolute atomic E-state index is 1.11. The largest absolute Gasteiger partial charge is 0.331 e. The van der Waals surface area contributed by atoms with Crippen molar-refractivity contribution in [1.82, 2.24) is 0 Å². The molecule has 1 unspecified atom stereocenters. The molecular weight excluding hydrogens is 318 g/mol. The summed E-state index contributed by atoms with van der Waals surface area (Å²) in [5.74, 6) is 0. The number of hydrogen-bond acceptors (Lipinski definition) is 0. The molecule has 0 fully saturated rings. The van der Waals surface area contributed by atoms with E-state index in [0.29, 0.717) is 0 Å². The van der Waals surface area contributed by atoms with E-state index < -0.39 is 0 Å². The van der Waals surface area contributed by atoms with Crippen molar-refractivity contribution in [3.63, 3.8) is 0 Å². The Labute approximate surface area is 167 Å². The molecule has 0 bridgehead atoms. The molecule has 0 rings (SSSR count). The third-order valence-corrected chi connectivity index (χ3v) is 6.71. The fourth-order valence-electron chi connectivity index (χ4n) is 3.74. The summed E-state index contributed by atoms with van der Waals surface area (Å²) in [4.78, 5) is 0. The maximum absolute atomic E-state index is 2.48. The van der Waals surface area contributed by atoms with Crippen molar-refractivity contribution in [3.8, 4) is 0 Å². The van der Waals surface area contributed by atoms with Gasteiger partial charge in [0.2, 0.25) is 0 Å². The van der Waals surface area contributed by atoms with Crippen molar-refractivity contribution in [2.24, 2.45) is 0 Å². The first-order chi connectivity index (χ1) is 12.1. The van der Waals surface area contributed by atoms with Crippen molar-refractivity contribution >= 4 is 0 Å². The molecule has 0 saturated heterocycles. The number of hydrogen-bond donors (Lipinski definition) is 0. The molecule has 1 atom stereocenters. The van der Waals surface area contributed by atoms with Crippen molar-refractivity contribution in [1.29, 1.82) is 0 Å². The summed E-state index contributed by atoms with van der Waals surface area (Å²) >= 11 is 0. The van der Waals surface area contributed by atoms with E-state index in [1.54, 1.807) is 0 Å². The van der Waals surface area contributed by atoms with E-state index in [2.05, 4.69) is 56.0 Å². The van der Waals surface area contributed by atoms with Gasteiger partial charge in [-0.2, -0.15) is 0 Å². The highest BCUT2D eigenvalue weighted by molar-refractivity contribution is 4.48. The minimum Gasteiger partial charge on any atom is -0.331 e. The Balaban J connectivity index is 3.81. The second-order valence-corrected chi connectivity index (χ2v) is 10.2. The molecule has 158 valence electrons. The average molecular weight is 373 g/mol. The maximum atomic E-state index is 2.48. The third kappa shape index (κ3) is 13.1. The number of nitrogens with zero attached hydrogens (tertiary/aromatic N) is 3. The summed E-state index contributed by atoms with van der Waals surface area (Å²) in [5, 5.41) is 0. The van der Waals surface area contributed by atoms with Gasteiger partial charge in [0.15, 0.2) is 0 Å². The summed E-state index contributed by atoms with van der Waals surface area (Å²) in [5.41, 5.74) is 0. The zero-order valence-corrected chi connectivity index (χ0v) is 19.9. The maximum Gasteiger partial charge on any atom is 0.0784 e. The van der Waals surface area contributed by atoms with Gasteiger partial charge in [0.05, 0.1) is 81.1 Å². The molecule has 0 heterocycles. The number of rotatable bonds is 17. The van der Waals surface area contributed by atoms with Gasteiger partial charge in [-0.05, 0) is 72.1 Å². The molecule has 0 amide bonds. The van der Waals surface area contributed by atoms with Gasteiger partial charge in [-0.1, -0.05) is 0 Å². The Morgan fingerprint density at radius 3 is 1.00 bits per heavy atom. The summed E-state index contributed by atoms with van der Waals surface area (Å²) in [6.07, 6.45) is 11.3. The minimum atomic E-state index is 1.11. The topological polar surface area (TPSA) is 0 Å². The van der Waals surface area contributed by atoms with Crippen LogP contribution in [0.3, 0.4) is 0 Å². The van der Waals surface area contributed by atoms with Gasteiger partial charge in [0.25, 0.3) is 0 Å². The standard InChI is InChI=1S/C23H54N3/c1-9-25(7,10-2)21-17-14-15-19-23-26(8,11-3)22-18-13-12-16-20-24(4,5)6/h9-23H2,1-8H3/q+3. The highest BCUT2D eigenvalue weighted by Gasteiger charge is 2.19. The van der Waals surface area contributed by atoms with Crippen LogP contribution < -0.4 is 0 Å². The monoisotopic (exact) mass is 372 g/mol. The smallest absolute Gasteiger partial charge is 0.0784 e. The van der Waals surface area contributed by atoms with E-state index in [9.17, 15) is 0 Å². The van der Waals surface area contributed by atoms with Gasteiger partial charge in [-0.3, -0.25) is 0 Å². The zero-order valence-electron chi connectivity index (χ0n) is 19.9. The van der Waals surface area contributed by atoms with Crippen LogP contribution in [-0.4, -0.2) is 94.5 Å². The van der Waals surface area contributed by atoms with Crippen molar-refractivity contribution in [2.75, 3.05) is 81.1 Å². The summed E-state index contributed by atoms with van der Waals surface area (Å²) < 4.78 is 3.64. The first-order valence-corrected chi connectivity index (χ1v) is 11.6. The highest BCUT2D eigenvalue weighted by atomic mass is 15.3. The quantitative estimate of drug-likeness (QED) is 0.255. The molecule has 0 aliphatic rings. The molecule has 0 N–H and O–H groups in total. The molecule has 0 aromatic rings. The fourth-order valence-corrected chi connectivity index (χ4v) is 3.74. The Morgan fingerprint density at radius 1 is 0.385 bits per heavy atom. The Morgan fingerprint density at radius 2 is 0.692 bits per heavy atom. The predicted octanol–water partition coefficient (Wildman–Crippen LogP) is 4.77. The average Bonchev–Trinajstić information content (AvgIpc) is 2.59. The van der Waals surface area contributed by atoms with Crippen molar-refractivity contribution in [3.05, 3.63) is 0 Å². The van der Waals surface area contributed by atoms with Crippen LogP contribution in [0, 0.1) is 0 Å². The second kappa shape index (κ2) is 13.1. The molecule has 0 aliphatic carbocycles. The van der Waals surface area contributed by atoms with Gasteiger partial charge in [0, 0.05) is 0 Å². The Bertz CT molecular complexity index is 331. The number of unbranched alkanes of at least 4 members (excludes halogenated alkanes) is 6. The highest BCUT2D eigenvalue weighted by Crippen LogP contribution is 2.13. The molecule has 26 heavy (non-hydrogen) atoms. The molecule has 0 aromatic heterocycles. The van der Waals surface area contributed by atoms with E-state index in [1.807, 2.05) is 0 Å². The molecule has 3 heteroatoms. The molecule has 0 spiro atoms. The van der Waals surface area contributed by atoms with Gasteiger partial charge < -0.3 is 13.4 Å². The lowest BCUT2D eigenvalue weighted by atomic mass is 10.1. The molecule has 0 radical (unpaired) electrons. The first-order valence-electron chi connectivity index (χ1n) is 11.6. The van der Waals surface area contributed by atoms with E-state index in [4.69, 9.17) is 0 Å².